The zero-order chi connectivity index (χ0) is 20.0. The molecule has 3 rings (SSSR count). The number of thiocarbonyl (C=S) groups is 1. The molecule has 144 valence electrons. The molecule has 5 N–H and O–H groups in total. The second-order valence-electron chi connectivity index (χ2n) is 5.91. The van der Waals surface area contributed by atoms with E-state index in [2.05, 4.69) is 5.32 Å². The molecule has 0 unspecified atom stereocenters. The van der Waals surface area contributed by atoms with Crippen molar-refractivity contribution >= 4 is 34.5 Å². The number of thiophene rings is 1. The number of carbonyl (C=O) groups excluding carboxylic acids is 1. The Hall–Kier alpha value is -2.37. The van der Waals surface area contributed by atoms with Gasteiger partial charge in [-0.2, -0.15) is 13.2 Å². The summed E-state index contributed by atoms with van der Waals surface area (Å²) in [6.45, 7) is 0. The minimum atomic E-state index is -5.23. The van der Waals surface area contributed by atoms with Crippen molar-refractivity contribution < 1.29 is 33.3 Å². The van der Waals surface area contributed by atoms with E-state index in [0.29, 0.717) is 0 Å². The molecule has 1 fully saturated rings. The molecular weight excluding hydrogens is 405 g/mol. The predicted molar refractivity (Wildman–Crippen MR) is 94.5 cm³/mol. The predicted octanol–water partition coefficient (Wildman–Crippen LogP) is 2.43. The number of benzene rings is 1. The Morgan fingerprint density at radius 2 is 1.93 bits per heavy atom. The Labute approximate surface area is 160 Å². The van der Waals surface area contributed by atoms with Gasteiger partial charge in [-0.05, 0) is 41.4 Å². The van der Waals surface area contributed by atoms with E-state index in [0.717, 1.165) is 23.5 Å². The summed E-state index contributed by atoms with van der Waals surface area (Å²) in [7, 11) is 0. The van der Waals surface area contributed by atoms with E-state index in [9.17, 15) is 33.3 Å². The number of hydrogen-bond donors (Lipinski definition) is 5. The fourth-order valence-electron chi connectivity index (χ4n) is 2.92. The van der Waals surface area contributed by atoms with Gasteiger partial charge in [0.1, 0.15) is 5.92 Å². The Kier molecular flexibility index (Phi) is 4.78. The van der Waals surface area contributed by atoms with Crippen LogP contribution in [0.3, 0.4) is 0 Å². The first-order chi connectivity index (χ1) is 12.5. The third kappa shape index (κ3) is 3.33. The van der Waals surface area contributed by atoms with Gasteiger partial charge in [0, 0.05) is 0 Å². The van der Waals surface area contributed by atoms with Crippen LogP contribution in [0.5, 0.6) is 11.5 Å². The van der Waals surface area contributed by atoms with Gasteiger partial charge in [-0.15, -0.1) is 11.3 Å². The number of aromatic hydroxyl groups is 2. The Balaban J connectivity index is 2.17. The Bertz CT molecular complexity index is 888. The van der Waals surface area contributed by atoms with Crippen molar-refractivity contribution in [2.24, 2.45) is 5.92 Å². The second kappa shape index (κ2) is 6.66. The fourth-order valence-corrected chi connectivity index (χ4v) is 3.91. The van der Waals surface area contributed by atoms with Gasteiger partial charge in [0.2, 0.25) is 5.72 Å². The van der Waals surface area contributed by atoms with Crippen molar-refractivity contribution in [2.45, 2.75) is 17.9 Å². The van der Waals surface area contributed by atoms with Gasteiger partial charge < -0.3 is 26.0 Å². The topological polar surface area (TPSA) is 102 Å². The van der Waals surface area contributed by atoms with Gasteiger partial charge in [-0.3, -0.25) is 4.79 Å². The number of hydrogen-bond acceptors (Lipinski definition) is 6. The van der Waals surface area contributed by atoms with E-state index in [1.807, 2.05) is 0 Å². The van der Waals surface area contributed by atoms with Crippen molar-refractivity contribution in [3.05, 3.63) is 46.2 Å². The Morgan fingerprint density at radius 1 is 1.22 bits per heavy atom. The van der Waals surface area contributed by atoms with Gasteiger partial charge in [0.25, 0.3) is 0 Å². The lowest BCUT2D eigenvalue weighted by Gasteiger charge is -2.46. The molecule has 2 heterocycles. The zero-order valence-corrected chi connectivity index (χ0v) is 15.0. The number of ketones is 1. The van der Waals surface area contributed by atoms with Gasteiger partial charge in [-0.25, -0.2) is 0 Å². The molecule has 1 aromatic carbocycles. The maximum absolute atomic E-state index is 13.7. The monoisotopic (exact) mass is 418 g/mol. The van der Waals surface area contributed by atoms with Crippen molar-refractivity contribution in [1.82, 2.24) is 10.6 Å². The molecule has 3 atom stereocenters. The third-order valence-corrected chi connectivity index (χ3v) is 5.32. The number of nitrogens with one attached hydrogen (secondary N) is 2. The maximum Gasteiger partial charge on any atom is 0.437 e. The van der Waals surface area contributed by atoms with Crippen molar-refractivity contribution in [3.8, 4) is 11.5 Å². The molecule has 27 heavy (non-hydrogen) atoms. The number of Topliss-reactive ketones (excluding diaryl/α,β-unsaturated/α-hetero) is 1. The quantitative estimate of drug-likeness (QED) is 0.296. The first-order valence-electron chi connectivity index (χ1n) is 7.52. The lowest BCUT2D eigenvalue weighted by Crippen LogP contribution is -2.72. The summed E-state index contributed by atoms with van der Waals surface area (Å²) >= 11 is 5.73. The van der Waals surface area contributed by atoms with E-state index < -0.39 is 46.3 Å². The van der Waals surface area contributed by atoms with E-state index in [1.54, 1.807) is 5.32 Å². The molecule has 6 nitrogen and oxygen atoms in total. The second-order valence-corrected chi connectivity index (χ2v) is 7.26. The van der Waals surface area contributed by atoms with Crippen LogP contribution in [0.4, 0.5) is 13.2 Å². The lowest BCUT2D eigenvalue weighted by atomic mass is 9.78. The molecular formula is C16H13F3N2O4S2. The highest BCUT2D eigenvalue weighted by Gasteiger charge is 2.65. The molecule has 0 aliphatic carbocycles. The smallest absolute Gasteiger partial charge is 0.437 e. The number of carbonyl (C=O) groups is 1. The van der Waals surface area contributed by atoms with Gasteiger partial charge >= 0.3 is 6.18 Å². The van der Waals surface area contributed by atoms with Crippen LogP contribution in [0, 0.1) is 5.92 Å². The van der Waals surface area contributed by atoms with Crippen LogP contribution >= 0.6 is 23.6 Å². The highest BCUT2D eigenvalue weighted by molar-refractivity contribution is 7.80. The average molecular weight is 418 g/mol. The number of phenols is 2. The normalized spacial score (nSPS) is 25.6. The summed E-state index contributed by atoms with van der Waals surface area (Å²) in [5.41, 5.74) is -3.60. The van der Waals surface area contributed by atoms with Crippen LogP contribution in [0.25, 0.3) is 0 Å². The van der Waals surface area contributed by atoms with Crippen LogP contribution in [-0.2, 0) is 0 Å². The molecule has 11 heteroatoms. The minimum Gasteiger partial charge on any atom is -0.504 e. The minimum absolute atomic E-state index is 0.0205. The number of phenolic OH excluding ortho intramolecular Hbond substituents is 2. The van der Waals surface area contributed by atoms with Crippen LogP contribution in [0.1, 0.15) is 21.3 Å². The van der Waals surface area contributed by atoms with Crippen molar-refractivity contribution in [1.29, 1.82) is 0 Å². The fraction of sp³-hybridized carbons (Fsp3) is 0.250. The summed E-state index contributed by atoms with van der Waals surface area (Å²) in [6, 6.07) is 4.74. The molecule has 0 spiro atoms. The van der Waals surface area contributed by atoms with E-state index in [1.165, 1.54) is 23.6 Å². The highest BCUT2D eigenvalue weighted by atomic mass is 32.1. The molecule has 0 radical (unpaired) electrons. The van der Waals surface area contributed by atoms with E-state index >= 15 is 0 Å². The van der Waals surface area contributed by atoms with Gasteiger partial charge in [0.15, 0.2) is 22.4 Å². The number of aliphatic hydroxyl groups is 1. The van der Waals surface area contributed by atoms with Crippen LogP contribution in [0.15, 0.2) is 35.7 Å². The molecule has 0 bridgehead atoms. The zero-order valence-electron chi connectivity index (χ0n) is 13.3. The van der Waals surface area contributed by atoms with Crippen LogP contribution in [0.2, 0.25) is 0 Å². The lowest BCUT2D eigenvalue weighted by molar-refractivity contribution is -0.285. The molecule has 1 aromatic heterocycles. The number of halogens is 3. The number of alkyl halides is 3. The first kappa shape index (κ1) is 19.4. The largest absolute Gasteiger partial charge is 0.504 e. The summed E-state index contributed by atoms with van der Waals surface area (Å²) in [5, 5.41) is 35.0. The first-order valence-corrected chi connectivity index (χ1v) is 8.81. The molecule has 0 amide bonds. The molecule has 1 aliphatic heterocycles. The Morgan fingerprint density at radius 3 is 2.48 bits per heavy atom. The molecule has 1 aliphatic rings. The maximum atomic E-state index is 13.7. The molecule has 0 saturated carbocycles. The van der Waals surface area contributed by atoms with Crippen molar-refractivity contribution in [3.63, 3.8) is 0 Å². The summed E-state index contributed by atoms with van der Waals surface area (Å²) < 4.78 is 41.2. The summed E-state index contributed by atoms with van der Waals surface area (Å²) in [5.74, 6) is -4.07. The average Bonchev–Trinajstić information content (AvgIpc) is 3.09. The molecule has 2 aromatic rings. The van der Waals surface area contributed by atoms with Gasteiger partial charge in [0.05, 0.1) is 10.9 Å². The third-order valence-electron chi connectivity index (χ3n) is 4.21. The van der Waals surface area contributed by atoms with E-state index in [4.69, 9.17) is 12.2 Å². The SMILES string of the molecule is O=C(c1cccs1)[C@@H]1[C@H](c2ccc(O)c(O)c2)NC(=S)N[C@@]1(O)C(F)(F)F. The standard InChI is InChI=1S/C16H13F3N2O4S2/c17-16(18,19)15(25)11(13(24)10-2-1-5-27-10)12(20-14(26)21-15)7-3-4-8(22)9(23)6-7/h1-6,11-12,22-23,25H,(H2,20,21,26)/t11-,12-,15-/m0/s1. The van der Waals surface area contributed by atoms with Crippen LogP contribution < -0.4 is 10.6 Å². The van der Waals surface area contributed by atoms with Gasteiger partial charge in [-0.1, -0.05) is 12.1 Å². The molecule has 1 saturated heterocycles. The van der Waals surface area contributed by atoms with Crippen molar-refractivity contribution in [2.75, 3.05) is 0 Å². The summed E-state index contributed by atoms with van der Waals surface area (Å²) in [6.07, 6.45) is -5.23. The summed E-state index contributed by atoms with van der Waals surface area (Å²) in [4.78, 5) is 12.9. The van der Waals surface area contributed by atoms with Crippen LogP contribution in [-0.4, -0.2) is 38.1 Å². The highest BCUT2D eigenvalue weighted by Crippen LogP contribution is 2.45. The number of rotatable bonds is 3. The van der Waals surface area contributed by atoms with E-state index in [-0.39, 0.29) is 10.4 Å².